The van der Waals surface area contributed by atoms with Crippen LogP contribution in [-0.4, -0.2) is 48.7 Å². The van der Waals surface area contributed by atoms with Gasteiger partial charge in [0.15, 0.2) is 0 Å². The van der Waals surface area contributed by atoms with Crippen molar-refractivity contribution in [2.24, 2.45) is 5.92 Å². The van der Waals surface area contributed by atoms with Crippen molar-refractivity contribution in [1.29, 1.82) is 0 Å². The van der Waals surface area contributed by atoms with Crippen LogP contribution in [0.3, 0.4) is 0 Å². The second kappa shape index (κ2) is 7.00. The molecule has 1 aromatic carbocycles. The predicted molar refractivity (Wildman–Crippen MR) is 89.1 cm³/mol. The summed E-state index contributed by atoms with van der Waals surface area (Å²) in [6.07, 6.45) is 4.34. The van der Waals surface area contributed by atoms with Crippen LogP contribution in [0.2, 0.25) is 0 Å². The maximum absolute atomic E-state index is 13.6. The molecule has 1 N–H and O–H groups in total. The van der Waals surface area contributed by atoms with Crippen LogP contribution in [0.4, 0.5) is 8.78 Å². The Bertz CT molecular complexity index is 650. The molecule has 1 aromatic rings. The molecule has 0 unspecified atom stereocenters. The molecule has 6 heteroatoms. The molecule has 4 nitrogen and oxygen atoms in total. The summed E-state index contributed by atoms with van der Waals surface area (Å²) < 4.78 is 32.5. The van der Waals surface area contributed by atoms with Crippen molar-refractivity contribution in [3.63, 3.8) is 0 Å². The minimum atomic E-state index is -0.597. The summed E-state index contributed by atoms with van der Waals surface area (Å²) in [5, 5.41) is 3.06. The first-order chi connectivity index (χ1) is 12.1. The first kappa shape index (κ1) is 16.9. The summed E-state index contributed by atoms with van der Waals surface area (Å²) in [6.45, 7) is 2.60. The lowest BCUT2D eigenvalue weighted by Crippen LogP contribution is -2.47. The number of nitrogens with one attached hydrogen (secondary N) is 1. The lowest BCUT2D eigenvalue weighted by molar-refractivity contribution is -0.121. The van der Waals surface area contributed by atoms with Gasteiger partial charge in [0.1, 0.15) is 11.6 Å². The summed E-state index contributed by atoms with van der Waals surface area (Å²) in [5.74, 6) is -0.525. The molecular weight excluding hydrogens is 326 g/mol. The number of benzene rings is 1. The molecule has 1 amide bonds. The third kappa shape index (κ3) is 4.01. The van der Waals surface area contributed by atoms with E-state index < -0.39 is 11.6 Å². The zero-order chi connectivity index (χ0) is 17.4. The molecule has 25 heavy (non-hydrogen) atoms. The number of amides is 1. The molecular formula is C19H24F2N2O2. The lowest BCUT2D eigenvalue weighted by Gasteiger charge is -2.35. The summed E-state index contributed by atoms with van der Waals surface area (Å²) >= 11 is 0. The second-order valence-electron chi connectivity index (χ2n) is 7.55. The van der Waals surface area contributed by atoms with Gasteiger partial charge >= 0.3 is 0 Å². The first-order valence-corrected chi connectivity index (χ1v) is 9.17. The number of hydrogen-bond donors (Lipinski definition) is 1. The Morgan fingerprint density at radius 2 is 2.12 bits per heavy atom. The van der Waals surface area contributed by atoms with Gasteiger partial charge in [0.05, 0.1) is 12.7 Å². The van der Waals surface area contributed by atoms with Gasteiger partial charge in [0.2, 0.25) is 5.91 Å². The smallest absolute Gasteiger partial charge is 0.220 e. The molecule has 2 aliphatic heterocycles. The number of carbonyl (C=O) groups excluding carboxylic acids is 1. The Morgan fingerprint density at radius 3 is 2.88 bits per heavy atom. The molecule has 1 aliphatic carbocycles. The van der Waals surface area contributed by atoms with E-state index >= 15 is 0 Å². The van der Waals surface area contributed by atoms with Crippen LogP contribution in [0.15, 0.2) is 18.2 Å². The number of halogens is 2. The van der Waals surface area contributed by atoms with Crippen molar-refractivity contribution in [2.45, 2.75) is 50.3 Å². The molecule has 3 aliphatic rings. The molecule has 2 saturated heterocycles. The van der Waals surface area contributed by atoms with E-state index in [-0.39, 0.29) is 24.8 Å². The van der Waals surface area contributed by atoms with Gasteiger partial charge in [0, 0.05) is 37.7 Å². The van der Waals surface area contributed by atoms with Crippen LogP contribution in [0.25, 0.3) is 0 Å². The van der Waals surface area contributed by atoms with Crippen molar-refractivity contribution in [2.75, 3.05) is 19.7 Å². The van der Waals surface area contributed by atoms with Crippen LogP contribution in [0.5, 0.6) is 0 Å². The van der Waals surface area contributed by atoms with Gasteiger partial charge in [-0.05, 0) is 43.2 Å². The Hall–Kier alpha value is -1.53. The Kier molecular flexibility index (Phi) is 4.73. The summed E-state index contributed by atoms with van der Waals surface area (Å²) in [4.78, 5) is 14.6. The zero-order valence-corrected chi connectivity index (χ0v) is 14.2. The monoisotopic (exact) mass is 350 g/mol. The summed E-state index contributed by atoms with van der Waals surface area (Å²) in [7, 11) is 0. The van der Waals surface area contributed by atoms with E-state index in [1.54, 1.807) is 0 Å². The lowest BCUT2D eigenvalue weighted by atomic mass is 10.1. The van der Waals surface area contributed by atoms with Gasteiger partial charge in [-0.3, -0.25) is 9.69 Å². The van der Waals surface area contributed by atoms with Crippen molar-refractivity contribution < 1.29 is 18.3 Å². The minimum Gasteiger partial charge on any atom is -0.375 e. The maximum Gasteiger partial charge on any atom is 0.220 e. The number of fused-ring (bicyclic) bond motifs is 1. The van der Waals surface area contributed by atoms with Crippen LogP contribution in [-0.2, 0) is 16.0 Å². The topological polar surface area (TPSA) is 41.6 Å². The highest BCUT2D eigenvalue weighted by atomic mass is 19.1. The number of rotatable bonds is 5. The fourth-order valence-corrected chi connectivity index (χ4v) is 4.03. The van der Waals surface area contributed by atoms with E-state index in [1.807, 2.05) is 0 Å². The van der Waals surface area contributed by atoms with E-state index in [9.17, 15) is 13.6 Å². The van der Waals surface area contributed by atoms with E-state index in [0.29, 0.717) is 17.7 Å². The molecule has 0 aromatic heterocycles. The number of aryl methyl sites for hydroxylation is 1. The number of carbonyl (C=O) groups is 1. The maximum atomic E-state index is 13.6. The van der Waals surface area contributed by atoms with Gasteiger partial charge in [-0.1, -0.05) is 6.07 Å². The number of morpholine rings is 1. The van der Waals surface area contributed by atoms with Crippen molar-refractivity contribution >= 4 is 5.91 Å². The SMILES string of the molecule is O=C(CCc1ccc(F)cc1F)N[C@H]1C[C@H]2CO[C@@H](C3CC3)CN2C1. The molecule has 3 fully saturated rings. The third-order valence-corrected chi connectivity index (χ3v) is 5.59. The van der Waals surface area contributed by atoms with Crippen LogP contribution in [0.1, 0.15) is 31.2 Å². The molecule has 1 saturated carbocycles. The average molecular weight is 350 g/mol. The number of ether oxygens (including phenoxy) is 1. The standard InChI is InChI=1S/C19H24F2N2O2/c20-14-5-3-12(17(21)7-14)4-6-19(24)22-15-8-16-11-25-18(13-1-2-13)10-23(16)9-15/h3,5,7,13,15-16,18H,1-2,4,6,8-11H2,(H,22,24)/t15-,16-,18+/m0/s1. The van der Waals surface area contributed by atoms with Gasteiger partial charge in [-0.2, -0.15) is 0 Å². The minimum absolute atomic E-state index is 0.0757. The van der Waals surface area contributed by atoms with Crippen LogP contribution in [0, 0.1) is 17.6 Å². The number of hydrogen-bond acceptors (Lipinski definition) is 3. The van der Waals surface area contributed by atoms with Crippen molar-refractivity contribution in [3.05, 3.63) is 35.4 Å². The molecule has 0 bridgehead atoms. The molecule has 3 atom stereocenters. The highest BCUT2D eigenvalue weighted by molar-refractivity contribution is 5.76. The highest BCUT2D eigenvalue weighted by Gasteiger charge is 2.42. The molecule has 0 radical (unpaired) electrons. The van der Waals surface area contributed by atoms with Crippen LogP contribution >= 0.6 is 0 Å². The Morgan fingerprint density at radius 1 is 1.28 bits per heavy atom. The molecule has 4 rings (SSSR count). The quantitative estimate of drug-likeness (QED) is 0.886. The van der Waals surface area contributed by atoms with Crippen molar-refractivity contribution in [3.8, 4) is 0 Å². The van der Waals surface area contributed by atoms with Crippen molar-refractivity contribution in [1.82, 2.24) is 10.2 Å². The van der Waals surface area contributed by atoms with Gasteiger partial charge in [-0.15, -0.1) is 0 Å². The van der Waals surface area contributed by atoms with Gasteiger partial charge < -0.3 is 10.1 Å². The Balaban J connectivity index is 1.24. The van der Waals surface area contributed by atoms with E-state index in [2.05, 4.69) is 10.2 Å². The Labute approximate surface area is 146 Å². The number of nitrogens with zero attached hydrogens (tertiary/aromatic N) is 1. The van der Waals surface area contributed by atoms with Crippen LogP contribution < -0.4 is 5.32 Å². The fourth-order valence-electron chi connectivity index (χ4n) is 4.03. The second-order valence-corrected chi connectivity index (χ2v) is 7.55. The summed E-state index contributed by atoms with van der Waals surface area (Å²) in [6, 6.07) is 4.02. The molecule has 0 spiro atoms. The normalized spacial score (nSPS) is 29.4. The average Bonchev–Trinajstić information content (AvgIpc) is 3.34. The predicted octanol–water partition coefficient (Wildman–Crippen LogP) is 2.27. The fraction of sp³-hybridized carbons (Fsp3) is 0.632. The van der Waals surface area contributed by atoms with Gasteiger partial charge in [0.25, 0.3) is 0 Å². The molecule has 136 valence electrons. The van der Waals surface area contributed by atoms with E-state index in [0.717, 1.165) is 38.1 Å². The van der Waals surface area contributed by atoms with E-state index in [1.165, 1.54) is 25.0 Å². The zero-order valence-electron chi connectivity index (χ0n) is 14.2. The molecule has 2 heterocycles. The third-order valence-electron chi connectivity index (χ3n) is 5.59. The largest absolute Gasteiger partial charge is 0.375 e. The first-order valence-electron chi connectivity index (χ1n) is 9.17. The van der Waals surface area contributed by atoms with Gasteiger partial charge in [-0.25, -0.2) is 8.78 Å². The summed E-state index contributed by atoms with van der Waals surface area (Å²) in [5.41, 5.74) is 0.376. The van der Waals surface area contributed by atoms with E-state index in [4.69, 9.17) is 4.74 Å². The highest BCUT2D eigenvalue weighted by Crippen LogP contribution is 2.37.